The van der Waals surface area contributed by atoms with Crippen LogP contribution in [0.2, 0.25) is 5.02 Å². The average molecular weight is 492 g/mol. The number of ether oxygens (including phenoxy) is 1. The highest BCUT2D eigenvalue weighted by Crippen LogP contribution is 2.34. The molecule has 0 radical (unpaired) electrons. The van der Waals surface area contributed by atoms with Crippen molar-refractivity contribution in [2.45, 2.75) is 12.5 Å². The van der Waals surface area contributed by atoms with E-state index in [1.807, 2.05) is 23.6 Å². The molecule has 2 N–H and O–H groups in total. The van der Waals surface area contributed by atoms with Crippen molar-refractivity contribution >= 4 is 56.4 Å². The maximum absolute atomic E-state index is 12.9. The van der Waals surface area contributed by atoms with E-state index in [4.69, 9.17) is 16.3 Å². The lowest BCUT2D eigenvalue weighted by molar-refractivity contribution is 0.0923. The van der Waals surface area contributed by atoms with E-state index < -0.39 is 0 Å². The van der Waals surface area contributed by atoms with E-state index in [1.165, 1.54) is 11.3 Å². The second-order valence-electron chi connectivity index (χ2n) is 6.47. The number of rotatable bonds is 4. The number of anilines is 1. The van der Waals surface area contributed by atoms with Crippen LogP contribution in [0.1, 0.15) is 38.1 Å². The first-order valence-electron chi connectivity index (χ1n) is 8.89. The Morgan fingerprint density at radius 2 is 2.00 bits per heavy atom. The minimum Gasteiger partial charge on any atom is -0.493 e. The molecule has 5 nitrogen and oxygen atoms in total. The summed E-state index contributed by atoms with van der Waals surface area (Å²) >= 11 is 11.0. The number of benzene rings is 2. The molecule has 2 heterocycles. The molecule has 1 aliphatic rings. The van der Waals surface area contributed by atoms with E-state index in [-0.39, 0.29) is 17.9 Å². The van der Waals surface area contributed by atoms with Gasteiger partial charge in [-0.2, -0.15) is 0 Å². The fraction of sp³-hybridized carbons (Fsp3) is 0.143. The molecule has 0 spiro atoms. The number of fused-ring (bicyclic) bond motifs is 1. The molecule has 0 saturated heterocycles. The summed E-state index contributed by atoms with van der Waals surface area (Å²) in [5.74, 6) is 0.263. The van der Waals surface area contributed by atoms with Gasteiger partial charge in [-0.3, -0.25) is 9.59 Å². The van der Waals surface area contributed by atoms with Crippen molar-refractivity contribution in [2.24, 2.45) is 0 Å². The third-order valence-electron chi connectivity index (χ3n) is 4.54. The van der Waals surface area contributed by atoms with Gasteiger partial charge in [0.05, 0.1) is 28.2 Å². The van der Waals surface area contributed by atoms with Gasteiger partial charge in [-0.05, 0) is 47.8 Å². The lowest BCUT2D eigenvalue weighted by Gasteiger charge is -2.27. The molecule has 3 aromatic rings. The van der Waals surface area contributed by atoms with Gasteiger partial charge in [-0.1, -0.05) is 33.6 Å². The summed E-state index contributed by atoms with van der Waals surface area (Å²) in [6.07, 6.45) is 0.671. The number of carbonyl (C=O) groups excluding carboxylic acids is 2. The number of hydrogen-bond donors (Lipinski definition) is 2. The summed E-state index contributed by atoms with van der Waals surface area (Å²) in [5, 5.41) is 8.01. The molecular formula is C21H16BrClN2O3S. The van der Waals surface area contributed by atoms with Gasteiger partial charge < -0.3 is 15.4 Å². The lowest BCUT2D eigenvalue weighted by Crippen LogP contribution is -2.32. The molecule has 0 fully saturated rings. The molecule has 2 aromatic carbocycles. The maximum atomic E-state index is 12.9. The smallest absolute Gasteiger partial charge is 0.265 e. The fourth-order valence-corrected chi connectivity index (χ4v) is 4.27. The van der Waals surface area contributed by atoms with Crippen LogP contribution < -0.4 is 15.4 Å². The van der Waals surface area contributed by atoms with Crippen molar-refractivity contribution < 1.29 is 14.3 Å². The number of halogens is 2. The van der Waals surface area contributed by atoms with E-state index in [2.05, 4.69) is 26.6 Å². The van der Waals surface area contributed by atoms with Crippen LogP contribution in [-0.4, -0.2) is 18.4 Å². The molecule has 0 aliphatic carbocycles. The van der Waals surface area contributed by atoms with Gasteiger partial charge in [0, 0.05) is 22.0 Å². The quantitative estimate of drug-likeness (QED) is 0.494. The standard InChI is InChI=1S/C21H16BrClN2O3S/c22-13-4-6-18-14(11-13)16(7-8-28-18)24-20(26)12-3-5-15(23)17(10-12)25-21(27)19-2-1-9-29-19/h1-6,9-11,16H,7-8H2,(H,24,26)(H,25,27). The first-order chi connectivity index (χ1) is 14.0. The van der Waals surface area contributed by atoms with Gasteiger partial charge in [0.15, 0.2) is 0 Å². The Morgan fingerprint density at radius 1 is 1.14 bits per heavy atom. The van der Waals surface area contributed by atoms with Crippen molar-refractivity contribution in [2.75, 3.05) is 11.9 Å². The Hall–Kier alpha value is -2.35. The maximum Gasteiger partial charge on any atom is 0.265 e. The predicted molar refractivity (Wildman–Crippen MR) is 118 cm³/mol. The van der Waals surface area contributed by atoms with Crippen LogP contribution in [0.5, 0.6) is 5.75 Å². The van der Waals surface area contributed by atoms with Crippen LogP contribution in [0.15, 0.2) is 58.4 Å². The summed E-state index contributed by atoms with van der Waals surface area (Å²) in [6.45, 7) is 0.530. The third-order valence-corrected chi connectivity index (χ3v) is 6.23. The first-order valence-corrected chi connectivity index (χ1v) is 10.9. The molecule has 8 heteroatoms. The molecule has 1 unspecified atom stereocenters. The Bertz CT molecular complexity index is 1070. The highest BCUT2D eigenvalue weighted by molar-refractivity contribution is 9.10. The monoisotopic (exact) mass is 490 g/mol. The largest absolute Gasteiger partial charge is 0.493 e. The van der Waals surface area contributed by atoms with Gasteiger partial charge in [-0.25, -0.2) is 0 Å². The molecule has 2 amide bonds. The SMILES string of the molecule is O=C(NC1CCOc2ccc(Br)cc21)c1ccc(Cl)c(NC(=O)c2cccs2)c1. The molecule has 1 atom stereocenters. The Balaban J connectivity index is 1.53. The van der Waals surface area contributed by atoms with Crippen molar-refractivity contribution in [3.63, 3.8) is 0 Å². The topological polar surface area (TPSA) is 67.4 Å². The van der Waals surface area contributed by atoms with Gasteiger partial charge in [-0.15, -0.1) is 11.3 Å². The number of thiophene rings is 1. The molecule has 4 rings (SSSR count). The second kappa shape index (κ2) is 8.57. The van der Waals surface area contributed by atoms with Crippen LogP contribution in [0.4, 0.5) is 5.69 Å². The highest BCUT2D eigenvalue weighted by atomic mass is 79.9. The molecule has 0 saturated carbocycles. The summed E-state index contributed by atoms with van der Waals surface area (Å²) < 4.78 is 6.60. The first kappa shape index (κ1) is 19.9. The fourth-order valence-electron chi connectivity index (χ4n) is 3.11. The molecule has 0 bridgehead atoms. The van der Waals surface area contributed by atoms with Gasteiger partial charge in [0.2, 0.25) is 0 Å². The van der Waals surface area contributed by atoms with E-state index in [0.29, 0.717) is 34.2 Å². The van der Waals surface area contributed by atoms with Crippen molar-refractivity contribution in [3.8, 4) is 5.75 Å². The summed E-state index contributed by atoms with van der Waals surface area (Å²) in [6, 6.07) is 13.9. The number of carbonyl (C=O) groups is 2. The van der Waals surface area contributed by atoms with Crippen LogP contribution >= 0.6 is 38.9 Å². The lowest BCUT2D eigenvalue weighted by atomic mass is 10.00. The molecule has 148 valence electrons. The zero-order valence-corrected chi connectivity index (χ0v) is 18.2. The normalized spacial score (nSPS) is 15.2. The van der Waals surface area contributed by atoms with E-state index in [1.54, 1.807) is 30.3 Å². The zero-order chi connectivity index (χ0) is 20.4. The van der Waals surface area contributed by atoms with E-state index in [9.17, 15) is 9.59 Å². The van der Waals surface area contributed by atoms with Crippen LogP contribution in [0.3, 0.4) is 0 Å². The molecule has 1 aliphatic heterocycles. The average Bonchev–Trinajstić information content (AvgIpc) is 3.25. The second-order valence-corrected chi connectivity index (χ2v) is 8.74. The van der Waals surface area contributed by atoms with Gasteiger partial charge >= 0.3 is 0 Å². The Labute approximate surface area is 185 Å². The van der Waals surface area contributed by atoms with E-state index >= 15 is 0 Å². The molecular weight excluding hydrogens is 476 g/mol. The van der Waals surface area contributed by atoms with E-state index in [0.717, 1.165) is 15.8 Å². The summed E-state index contributed by atoms with van der Waals surface area (Å²) in [4.78, 5) is 25.8. The minimum atomic E-state index is -0.261. The van der Waals surface area contributed by atoms with Crippen LogP contribution in [0, 0.1) is 0 Å². The van der Waals surface area contributed by atoms with Crippen molar-refractivity contribution in [1.82, 2.24) is 5.32 Å². The number of hydrogen-bond acceptors (Lipinski definition) is 4. The van der Waals surface area contributed by atoms with Crippen molar-refractivity contribution in [3.05, 3.63) is 79.4 Å². The van der Waals surface area contributed by atoms with Gasteiger partial charge in [0.1, 0.15) is 5.75 Å². The number of nitrogens with one attached hydrogen (secondary N) is 2. The zero-order valence-electron chi connectivity index (χ0n) is 15.1. The minimum absolute atomic E-state index is 0.163. The van der Waals surface area contributed by atoms with Gasteiger partial charge in [0.25, 0.3) is 11.8 Å². The summed E-state index contributed by atoms with van der Waals surface area (Å²) in [5.41, 5.74) is 1.74. The van der Waals surface area contributed by atoms with Crippen LogP contribution in [0.25, 0.3) is 0 Å². The summed E-state index contributed by atoms with van der Waals surface area (Å²) in [7, 11) is 0. The Morgan fingerprint density at radius 3 is 2.79 bits per heavy atom. The Kier molecular flexibility index (Phi) is 5.89. The molecule has 29 heavy (non-hydrogen) atoms. The third kappa shape index (κ3) is 4.47. The number of amides is 2. The van der Waals surface area contributed by atoms with Crippen molar-refractivity contribution in [1.29, 1.82) is 0 Å². The predicted octanol–water partition coefficient (Wildman–Crippen LogP) is 5.67. The highest BCUT2D eigenvalue weighted by Gasteiger charge is 2.24. The van der Waals surface area contributed by atoms with Crippen LogP contribution in [-0.2, 0) is 0 Å². The molecule has 1 aromatic heterocycles.